The maximum Gasteiger partial charge on any atom is 0.335 e. The second kappa shape index (κ2) is 10.1. The summed E-state index contributed by atoms with van der Waals surface area (Å²) in [4.78, 5) is 10.3. The van der Waals surface area contributed by atoms with Gasteiger partial charge in [0.25, 0.3) is 0 Å². The van der Waals surface area contributed by atoms with E-state index >= 15 is 0 Å². The van der Waals surface area contributed by atoms with Crippen LogP contribution < -0.4 is 11.5 Å². The Kier molecular flexibility index (Phi) is 9.00. The van der Waals surface area contributed by atoms with Gasteiger partial charge in [-0.1, -0.05) is 5.92 Å². The molecule has 0 radical (unpaired) electrons. The molecule has 0 saturated heterocycles. The second-order valence-electron chi connectivity index (χ2n) is 3.33. The summed E-state index contributed by atoms with van der Waals surface area (Å²) < 4.78 is 4.91. The van der Waals surface area contributed by atoms with Gasteiger partial charge in [0.15, 0.2) is 0 Å². The van der Waals surface area contributed by atoms with Crippen LogP contribution in [0.25, 0.3) is 0 Å². The first-order chi connectivity index (χ1) is 8.61. The number of carboxylic acids is 1. The molecule has 1 aromatic carbocycles. The van der Waals surface area contributed by atoms with E-state index in [1.807, 2.05) is 0 Å². The lowest BCUT2D eigenvalue weighted by molar-refractivity contribution is 0.0697. The van der Waals surface area contributed by atoms with Crippen LogP contribution in [-0.4, -0.2) is 30.8 Å². The lowest BCUT2D eigenvalue weighted by Gasteiger charge is -1.94. The number of terminal acetylenes is 1. The number of rotatable bonds is 5. The van der Waals surface area contributed by atoms with Gasteiger partial charge in [0, 0.05) is 12.3 Å². The zero-order valence-electron chi connectivity index (χ0n) is 10.1. The number of benzene rings is 1. The summed E-state index contributed by atoms with van der Waals surface area (Å²) in [6.45, 7) is 1.76. The monoisotopic (exact) mass is 250 g/mol. The predicted octanol–water partition coefficient (Wildman–Crippen LogP) is 0.952. The third-order valence-electron chi connectivity index (χ3n) is 1.84. The fourth-order valence-corrected chi connectivity index (χ4v) is 0.942. The van der Waals surface area contributed by atoms with Crippen molar-refractivity contribution >= 4 is 11.7 Å². The topological polar surface area (TPSA) is 98.6 Å². The third-order valence-corrected chi connectivity index (χ3v) is 1.84. The van der Waals surface area contributed by atoms with Crippen molar-refractivity contribution in [3.8, 4) is 12.3 Å². The summed E-state index contributed by atoms with van der Waals surface area (Å²) in [5.74, 6) is 1.43. The van der Waals surface area contributed by atoms with Gasteiger partial charge in [-0.3, -0.25) is 0 Å². The van der Waals surface area contributed by atoms with E-state index in [-0.39, 0.29) is 5.56 Å². The van der Waals surface area contributed by atoms with E-state index in [2.05, 4.69) is 5.92 Å². The van der Waals surface area contributed by atoms with Gasteiger partial charge >= 0.3 is 5.97 Å². The fraction of sp³-hybridized carbons (Fsp3) is 0.308. The molecule has 0 spiro atoms. The molecule has 0 amide bonds. The molecule has 0 saturated carbocycles. The highest BCUT2D eigenvalue weighted by molar-refractivity contribution is 5.87. The van der Waals surface area contributed by atoms with Crippen LogP contribution in [0.15, 0.2) is 24.3 Å². The Bertz CT molecular complexity index is 382. The van der Waals surface area contributed by atoms with Crippen LogP contribution in [0, 0.1) is 12.3 Å². The van der Waals surface area contributed by atoms with Gasteiger partial charge in [0.1, 0.15) is 6.61 Å². The van der Waals surface area contributed by atoms with Crippen LogP contribution in [0.4, 0.5) is 5.69 Å². The molecule has 5 nitrogen and oxygen atoms in total. The number of carbonyl (C=O) groups is 1. The van der Waals surface area contributed by atoms with Crippen molar-refractivity contribution < 1.29 is 14.6 Å². The van der Waals surface area contributed by atoms with Crippen LogP contribution in [0.1, 0.15) is 16.8 Å². The molecule has 0 aliphatic heterocycles. The Morgan fingerprint density at radius 2 is 2.00 bits per heavy atom. The highest BCUT2D eigenvalue weighted by atomic mass is 16.5. The van der Waals surface area contributed by atoms with Crippen LogP contribution >= 0.6 is 0 Å². The number of anilines is 1. The molecule has 0 aliphatic carbocycles. The zero-order valence-corrected chi connectivity index (χ0v) is 10.1. The Hall–Kier alpha value is -2.03. The Morgan fingerprint density at radius 3 is 2.44 bits per heavy atom. The van der Waals surface area contributed by atoms with E-state index in [0.717, 1.165) is 6.42 Å². The molecule has 1 rings (SSSR count). The summed E-state index contributed by atoms with van der Waals surface area (Å²) in [5, 5.41) is 8.43. The molecule has 5 N–H and O–H groups in total. The van der Waals surface area contributed by atoms with Gasteiger partial charge in [-0.15, -0.1) is 6.42 Å². The van der Waals surface area contributed by atoms with Gasteiger partial charge in [-0.2, -0.15) is 0 Å². The van der Waals surface area contributed by atoms with E-state index in [1.54, 1.807) is 12.1 Å². The molecule has 0 atom stereocenters. The van der Waals surface area contributed by atoms with Crippen LogP contribution in [0.2, 0.25) is 0 Å². The van der Waals surface area contributed by atoms with Gasteiger partial charge in [0.2, 0.25) is 0 Å². The molecule has 18 heavy (non-hydrogen) atoms. The lowest BCUT2D eigenvalue weighted by atomic mass is 10.2. The molecule has 98 valence electrons. The van der Waals surface area contributed by atoms with Crippen LogP contribution in [0.3, 0.4) is 0 Å². The summed E-state index contributed by atoms with van der Waals surface area (Å²) in [7, 11) is 0. The van der Waals surface area contributed by atoms with Crippen LogP contribution in [-0.2, 0) is 4.74 Å². The minimum Gasteiger partial charge on any atom is -0.478 e. The number of carboxylic acid groups (broad SMARTS) is 1. The van der Waals surface area contributed by atoms with Crippen molar-refractivity contribution in [3.05, 3.63) is 29.8 Å². The minimum absolute atomic E-state index is 0.259. The van der Waals surface area contributed by atoms with Crippen molar-refractivity contribution in [1.29, 1.82) is 0 Å². The average molecular weight is 250 g/mol. The average Bonchev–Trinajstić information content (AvgIpc) is 2.36. The predicted molar refractivity (Wildman–Crippen MR) is 71.1 cm³/mol. The fourth-order valence-electron chi connectivity index (χ4n) is 0.942. The quantitative estimate of drug-likeness (QED) is 0.410. The number of nitrogen functional groups attached to an aromatic ring is 1. The first kappa shape index (κ1) is 16.0. The number of nitrogens with two attached hydrogens (primary N) is 2. The van der Waals surface area contributed by atoms with E-state index in [4.69, 9.17) is 27.7 Å². The first-order valence-corrected chi connectivity index (χ1v) is 5.42. The molecule has 0 unspecified atom stereocenters. The number of aromatic carboxylic acids is 1. The highest BCUT2D eigenvalue weighted by Gasteiger charge is 1.98. The summed E-state index contributed by atoms with van der Waals surface area (Å²) in [6, 6.07) is 6.06. The molecule has 0 aliphatic rings. The highest BCUT2D eigenvalue weighted by Crippen LogP contribution is 2.04. The maximum absolute atomic E-state index is 10.3. The van der Waals surface area contributed by atoms with E-state index in [9.17, 15) is 4.79 Å². The van der Waals surface area contributed by atoms with Gasteiger partial charge in [0.05, 0.1) is 5.56 Å². The first-order valence-electron chi connectivity index (χ1n) is 5.42. The van der Waals surface area contributed by atoms with Crippen molar-refractivity contribution in [2.75, 3.05) is 25.5 Å². The molecule has 5 heteroatoms. The van der Waals surface area contributed by atoms with Gasteiger partial charge < -0.3 is 21.3 Å². The zero-order chi connectivity index (χ0) is 13.8. The molecule has 0 heterocycles. The number of hydrogen-bond acceptors (Lipinski definition) is 4. The smallest absolute Gasteiger partial charge is 0.335 e. The number of hydrogen-bond donors (Lipinski definition) is 3. The SMILES string of the molecule is C#CCOCCCN.Nc1ccc(C(=O)O)cc1. The number of ether oxygens (including phenoxy) is 1. The van der Waals surface area contributed by atoms with E-state index in [0.29, 0.717) is 25.4 Å². The molecular weight excluding hydrogens is 232 g/mol. The van der Waals surface area contributed by atoms with Gasteiger partial charge in [-0.05, 0) is 37.2 Å². The second-order valence-corrected chi connectivity index (χ2v) is 3.33. The van der Waals surface area contributed by atoms with Crippen LogP contribution in [0.5, 0.6) is 0 Å². The van der Waals surface area contributed by atoms with Gasteiger partial charge in [-0.25, -0.2) is 4.79 Å². The van der Waals surface area contributed by atoms with Crippen molar-refractivity contribution in [1.82, 2.24) is 0 Å². The summed E-state index contributed by atoms with van der Waals surface area (Å²) >= 11 is 0. The standard InChI is InChI=1S/C7H7NO2.C6H11NO/c8-6-3-1-5(2-4-6)7(9)10;1-2-5-8-6-3-4-7/h1-4H,8H2,(H,9,10);1H,3-7H2. The largest absolute Gasteiger partial charge is 0.478 e. The Balaban J connectivity index is 0.000000331. The third kappa shape index (κ3) is 8.16. The minimum atomic E-state index is -0.931. The Labute approximate surface area is 107 Å². The van der Waals surface area contributed by atoms with Crippen molar-refractivity contribution in [2.24, 2.45) is 5.73 Å². The van der Waals surface area contributed by atoms with E-state index in [1.165, 1.54) is 12.1 Å². The normalized spacial score (nSPS) is 8.89. The van der Waals surface area contributed by atoms with E-state index < -0.39 is 5.97 Å². The Morgan fingerprint density at radius 1 is 1.39 bits per heavy atom. The molecular formula is C13H18N2O3. The lowest BCUT2D eigenvalue weighted by Crippen LogP contribution is -2.04. The van der Waals surface area contributed by atoms with Crippen molar-refractivity contribution in [3.63, 3.8) is 0 Å². The maximum atomic E-state index is 10.3. The van der Waals surface area contributed by atoms with Crippen molar-refractivity contribution in [2.45, 2.75) is 6.42 Å². The molecule has 0 aromatic heterocycles. The summed E-state index contributed by atoms with van der Waals surface area (Å²) in [6.07, 6.45) is 5.80. The molecule has 0 fully saturated rings. The molecule has 1 aromatic rings. The summed E-state index contributed by atoms with van der Waals surface area (Å²) in [5.41, 5.74) is 11.3. The molecule has 0 bridgehead atoms.